The molecule has 0 aliphatic heterocycles. The third-order valence-electron chi connectivity index (χ3n) is 4.22. The van der Waals surface area contributed by atoms with Crippen LogP contribution in [0.2, 0.25) is 0 Å². The van der Waals surface area contributed by atoms with Gasteiger partial charge in [0.1, 0.15) is 17.3 Å². The SMILES string of the molecule is O=C(O)CCCNc1c(-c2cnn(-c3cccc(F)c3)c2)nc2cnccn12. The van der Waals surface area contributed by atoms with E-state index in [-0.39, 0.29) is 12.2 Å². The number of nitrogens with zero attached hydrogens (tertiary/aromatic N) is 5. The van der Waals surface area contributed by atoms with E-state index in [4.69, 9.17) is 5.11 Å². The Morgan fingerprint density at radius 2 is 2.18 bits per heavy atom. The van der Waals surface area contributed by atoms with Gasteiger partial charge in [-0.05, 0) is 24.6 Å². The average Bonchev–Trinajstić information content (AvgIpc) is 3.30. The highest BCUT2D eigenvalue weighted by molar-refractivity contribution is 5.75. The maximum absolute atomic E-state index is 13.5. The molecule has 0 radical (unpaired) electrons. The maximum Gasteiger partial charge on any atom is 0.303 e. The van der Waals surface area contributed by atoms with Crippen molar-refractivity contribution in [1.29, 1.82) is 0 Å². The standard InChI is InChI=1S/C19H17FN6O2/c20-14-3-1-4-15(9-14)26-12-13(10-23-26)18-19(22-6-2-5-17(27)28)25-8-7-21-11-16(25)24-18/h1,3-4,7-12,22H,2,5-6H2,(H,27,28). The molecule has 4 aromatic rings. The maximum atomic E-state index is 13.5. The van der Waals surface area contributed by atoms with Crippen molar-refractivity contribution in [2.45, 2.75) is 12.8 Å². The highest BCUT2D eigenvalue weighted by Gasteiger charge is 2.16. The number of anilines is 1. The molecule has 9 heteroatoms. The van der Waals surface area contributed by atoms with Gasteiger partial charge in [0.05, 0.1) is 18.1 Å². The molecule has 0 spiro atoms. The van der Waals surface area contributed by atoms with E-state index in [1.807, 2.05) is 4.40 Å². The van der Waals surface area contributed by atoms with E-state index in [2.05, 4.69) is 20.4 Å². The summed E-state index contributed by atoms with van der Waals surface area (Å²) in [4.78, 5) is 19.4. The Kier molecular flexibility index (Phi) is 4.71. The number of nitrogens with one attached hydrogen (secondary N) is 1. The van der Waals surface area contributed by atoms with Crippen molar-refractivity contribution in [2.24, 2.45) is 0 Å². The lowest BCUT2D eigenvalue weighted by Crippen LogP contribution is -2.07. The van der Waals surface area contributed by atoms with Gasteiger partial charge in [0.2, 0.25) is 0 Å². The molecular weight excluding hydrogens is 363 g/mol. The number of carboxylic acid groups (broad SMARTS) is 1. The van der Waals surface area contributed by atoms with Crippen LogP contribution < -0.4 is 5.32 Å². The van der Waals surface area contributed by atoms with Crippen LogP contribution in [0.4, 0.5) is 10.2 Å². The van der Waals surface area contributed by atoms with Gasteiger partial charge in [0.25, 0.3) is 0 Å². The molecule has 142 valence electrons. The quantitative estimate of drug-likeness (QED) is 0.479. The molecule has 4 rings (SSSR count). The van der Waals surface area contributed by atoms with Crippen LogP contribution in [0.15, 0.2) is 55.2 Å². The van der Waals surface area contributed by atoms with Crippen LogP contribution in [0.1, 0.15) is 12.8 Å². The summed E-state index contributed by atoms with van der Waals surface area (Å²) >= 11 is 0. The summed E-state index contributed by atoms with van der Waals surface area (Å²) in [5.41, 5.74) is 2.66. The molecule has 8 nitrogen and oxygen atoms in total. The van der Waals surface area contributed by atoms with E-state index in [0.717, 1.165) is 11.4 Å². The number of rotatable bonds is 7. The fourth-order valence-electron chi connectivity index (χ4n) is 2.93. The minimum Gasteiger partial charge on any atom is -0.481 e. The summed E-state index contributed by atoms with van der Waals surface area (Å²) < 4.78 is 16.9. The van der Waals surface area contributed by atoms with Gasteiger partial charge >= 0.3 is 5.97 Å². The summed E-state index contributed by atoms with van der Waals surface area (Å²) in [6, 6.07) is 6.16. The van der Waals surface area contributed by atoms with Crippen LogP contribution in [0.25, 0.3) is 22.6 Å². The molecular formula is C19H17FN6O2. The van der Waals surface area contributed by atoms with Gasteiger partial charge in [-0.15, -0.1) is 0 Å². The van der Waals surface area contributed by atoms with Gasteiger partial charge < -0.3 is 10.4 Å². The fourth-order valence-corrected chi connectivity index (χ4v) is 2.93. The third-order valence-corrected chi connectivity index (χ3v) is 4.22. The Labute approximate surface area is 159 Å². The number of aliphatic carboxylic acids is 1. The lowest BCUT2D eigenvalue weighted by Gasteiger charge is -2.07. The third kappa shape index (κ3) is 3.54. The number of hydrogen-bond donors (Lipinski definition) is 2. The zero-order chi connectivity index (χ0) is 19.5. The smallest absolute Gasteiger partial charge is 0.303 e. The van der Waals surface area contributed by atoms with Crippen LogP contribution in [0, 0.1) is 5.82 Å². The molecule has 0 fully saturated rings. The first kappa shape index (κ1) is 17.7. The summed E-state index contributed by atoms with van der Waals surface area (Å²) in [5, 5.41) is 16.4. The Bertz CT molecular complexity index is 1140. The van der Waals surface area contributed by atoms with E-state index in [0.29, 0.717) is 30.0 Å². The number of halogens is 1. The molecule has 0 bridgehead atoms. The second-order valence-electron chi connectivity index (χ2n) is 6.19. The largest absolute Gasteiger partial charge is 0.481 e. The number of carboxylic acids is 1. The molecule has 1 aromatic carbocycles. The molecule has 0 aliphatic carbocycles. The predicted octanol–water partition coefficient (Wildman–Crippen LogP) is 3.00. The molecule has 3 heterocycles. The zero-order valence-electron chi connectivity index (χ0n) is 14.8. The molecule has 2 N–H and O–H groups in total. The van der Waals surface area contributed by atoms with E-state index in [1.54, 1.807) is 47.8 Å². The molecule has 0 saturated carbocycles. The second-order valence-corrected chi connectivity index (χ2v) is 6.19. The van der Waals surface area contributed by atoms with Gasteiger partial charge in [0.15, 0.2) is 5.65 Å². The van der Waals surface area contributed by atoms with Gasteiger partial charge in [-0.1, -0.05) is 6.07 Å². The first-order chi connectivity index (χ1) is 13.6. The summed E-state index contributed by atoms with van der Waals surface area (Å²) in [7, 11) is 0. The summed E-state index contributed by atoms with van der Waals surface area (Å²) in [6.07, 6.45) is 9.06. The van der Waals surface area contributed by atoms with Crippen molar-refractivity contribution < 1.29 is 14.3 Å². The molecule has 28 heavy (non-hydrogen) atoms. The molecule has 0 atom stereocenters. The van der Waals surface area contributed by atoms with E-state index in [1.165, 1.54) is 12.1 Å². The molecule has 0 unspecified atom stereocenters. The van der Waals surface area contributed by atoms with Gasteiger partial charge in [-0.2, -0.15) is 5.10 Å². The minimum atomic E-state index is -0.833. The number of imidazole rings is 1. The second kappa shape index (κ2) is 7.47. The highest BCUT2D eigenvalue weighted by Crippen LogP contribution is 2.29. The van der Waals surface area contributed by atoms with Gasteiger partial charge in [-0.3, -0.25) is 14.2 Å². The monoisotopic (exact) mass is 380 g/mol. The number of fused-ring (bicyclic) bond motifs is 1. The number of carbonyl (C=O) groups is 1. The number of aromatic nitrogens is 5. The first-order valence-electron chi connectivity index (χ1n) is 8.70. The normalized spacial score (nSPS) is 11.0. The Morgan fingerprint density at radius 1 is 1.29 bits per heavy atom. The molecule has 3 aromatic heterocycles. The van der Waals surface area contributed by atoms with Crippen molar-refractivity contribution in [3.05, 3.63) is 61.1 Å². The highest BCUT2D eigenvalue weighted by atomic mass is 19.1. The van der Waals surface area contributed by atoms with Gasteiger partial charge in [0, 0.05) is 37.1 Å². The Hall–Kier alpha value is -3.75. The van der Waals surface area contributed by atoms with Crippen LogP contribution in [0.3, 0.4) is 0 Å². The van der Waals surface area contributed by atoms with Crippen molar-refractivity contribution >= 4 is 17.4 Å². The topological polar surface area (TPSA) is 97.3 Å². The van der Waals surface area contributed by atoms with Crippen molar-refractivity contribution in [2.75, 3.05) is 11.9 Å². The lowest BCUT2D eigenvalue weighted by molar-refractivity contribution is -0.137. The van der Waals surface area contributed by atoms with E-state index >= 15 is 0 Å². The van der Waals surface area contributed by atoms with Crippen LogP contribution in [-0.2, 0) is 4.79 Å². The van der Waals surface area contributed by atoms with Crippen molar-refractivity contribution in [3.63, 3.8) is 0 Å². The van der Waals surface area contributed by atoms with Gasteiger partial charge in [-0.25, -0.2) is 14.1 Å². The van der Waals surface area contributed by atoms with Crippen LogP contribution in [0.5, 0.6) is 0 Å². The number of benzene rings is 1. The fraction of sp³-hybridized carbons (Fsp3) is 0.158. The number of hydrogen-bond acceptors (Lipinski definition) is 5. The van der Waals surface area contributed by atoms with Crippen molar-refractivity contribution in [1.82, 2.24) is 24.1 Å². The van der Waals surface area contributed by atoms with E-state index < -0.39 is 5.97 Å². The van der Waals surface area contributed by atoms with Crippen molar-refractivity contribution in [3.8, 4) is 16.9 Å². The summed E-state index contributed by atoms with van der Waals surface area (Å²) in [5.74, 6) is -0.448. The average molecular weight is 380 g/mol. The zero-order valence-corrected chi connectivity index (χ0v) is 14.8. The molecule has 0 amide bonds. The van der Waals surface area contributed by atoms with Crippen LogP contribution in [-0.4, -0.2) is 41.8 Å². The first-order valence-corrected chi connectivity index (χ1v) is 8.70. The van der Waals surface area contributed by atoms with E-state index in [9.17, 15) is 9.18 Å². The lowest BCUT2D eigenvalue weighted by atomic mass is 10.2. The summed E-state index contributed by atoms with van der Waals surface area (Å²) in [6.45, 7) is 0.480. The van der Waals surface area contributed by atoms with Crippen LogP contribution >= 0.6 is 0 Å². The Balaban J connectivity index is 1.68. The Morgan fingerprint density at radius 3 is 3.00 bits per heavy atom. The minimum absolute atomic E-state index is 0.0815. The molecule has 0 saturated heterocycles. The molecule has 0 aliphatic rings. The predicted molar refractivity (Wildman–Crippen MR) is 101 cm³/mol.